The molecule has 0 saturated carbocycles. The molecule has 104 valence electrons. The fourth-order valence-corrected chi connectivity index (χ4v) is 2.34. The van der Waals surface area contributed by atoms with Crippen LogP contribution in [0.15, 0.2) is 35.6 Å². The third-order valence-corrected chi connectivity index (χ3v) is 3.37. The Morgan fingerprint density at radius 2 is 2.10 bits per heavy atom. The number of rotatable bonds is 4. The number of para-hydroxylation sites is 1. The molecule has 1 aromatic heterocycles. The van der Waals surface area contributed by atoms with E-state index in [0.29, 0.717) is 5.03 Å². The number of aromatic nitrogens is 2. The first-order valence-corrected chi connectivity index (χ1v) is 6.98. The zero-order chi connectivity index (χ0) is 14.4. The lowest BCUT2D eigenvalue weighted by molar-refractivity contribution is -0.117. The lowest BCUT2D eigenvalue weighted by Crippen LogP contribution is -2.32. The number of thioether (sulfide) groups is 1. The van der Waals surface area contributed by atoms with Crippen LogP contribution < -0.4 is 5.32 Å². The van der Waals surface area contributed by atoms with Crippen molar-refractivity contribution in [1.82, 2.24) is 15.3 Å². The zero-order valence-corrected chi connectivity index (χ0v) is 11.6. The fourth-order valence-electron chi connectivity index (χ4n) is 1.55. The highest BCUT2D eigenvalue weighted by Gasteiger charge is 2.10. The molecule has 0 bridgehead atoms. The van der Waals surface area contributed by atoms with Crippen molar-refractivity contribution in [2.24, 2.45) is 0 Å². The number of imide groups is 1. The Labute approximate surface area is 119 Å². The van der Waals surface area contributed by atoms with Gasteiger partial charge in [0.15, 0.2) is 0 Å². The number of benzene rings is 1. The summed E-state index contributed by atoms with van der Waals surface area (Å²) in [5.41, 5.74) is 0.816. The molecule has 0 atom stereocenters. The molecule has 1 N–H and O–H groups in total. The number of amides is 2. The van der Waals surface area contributed by atoms with Gasteiger partial charge in [0.25, 0.3) is 0 Å². The average Bonchev–Trinajstić information content (AvgIpc) is 2.45. The molecule has 0 fully saturated rings. The average molecular weight is 291 g/mol. The van der Waals surface area contributed by atoms with Crippen molar-refractivity contribution in [1.29, 1.82) is 0 Å². The minimum absolute atomic E-state index is 0.0832. The van der Waals surface area contributed by atoms with E-state index in [1.54, 1.807) is 6.92 Å². The topological polar surface area (TPSA) is 81.2 Å². The van der Waals surface area contributed by atoms with E-state index >= 15 is 0 Å². The van der Waals surface area contributed by atoms with Crippen LogP contribution in [0.2, 0.25) is 0 Å². The smallest absolute Gasteiger partial charge is 0.413 e. The Morgan fingerprint density at radius 1 is 1.30 bits per heavy atom. The number of carbonyl (C=O) groups is 2. The number of carbonyl (C=O) groups excluding carboxylic acids is 2. The molecule has 1 aromatic carbocycles. The van der Waals surface area contributed by atoms with Crippen LogP contribution in [0.4, 0.5) is 4.79 Å². The maximum Gasteiger partial charge on any atom is 0.413 e. The van der Waals surface area contributed by atoms with Gasteiger partial charge in [0.05, 0.1) is 17.9 Å². The van der Waals surface area contributed by atoms with E-state index in [1.807, 2.05) is 24.3 Å². The van der Waals surface area contributed by atoms with Crippen molar-refractivity contribution in [2.45, 2.75) is 11.9 Å². The van der Waals surface area contributed by atoms with Gasteiger partial charge in [-0.15, -0.1) is 0 Å². The van der Waals surface area contributed by atoms with Crippen molar-refractivity contribution >= 4 is 34.7 Å². The number of alkyl carbamates (subject to hydrolysis) is 1. The van der Waals surface area contributed by atoms with E-state index in [0.717, 1.165) is 10.9 Å². The molecule has 20 heavy (non-hydrogen) atoms. The Balaban J connectivity index is 1.99. The number of fused-ring (bicyclic) bond motifs is 1. The fraction of sp³-hybridized carbons (Fsp3) is 0.231. The number of nitrogens with one attached hydrogen (secondary N) is 1. The second-order valence-corrected chi connectivity index (χ2v) is 4.72. The molecule has 0 spiro atoms. The third kappa shape index (κ3) is 3.67. The standard InChI is InChI=1S/C13H13N3O3S/c1-2-19-13(18)16-11(17)7-20-12-9-5-3-4-6-10(9)14-8-15-12/h3-6,8H,2,7H2,1H3,(H,16,17,18). The maximum absolute atomic E-state index is 11.6. The van der Waals surface area contributed by atoms with Crippen LogP contribution in [-0.2, 0) is 9.53 Å². The first-order valence-electron chi connectivity index (χ1n) is 6.00. The number of hydrogen-bond donors (Lipinski definition) is 1. The molecule has 0 radical (unpaired) electrons. The van der Waals surface area contributed by atoms with Crippen molar-refractivity contribution in [3.63, 3.8) is 0 Å². The van der Waals surface area contributed by atoms with Crippen molar-refractivity contribution in [2.75, 3.05) is 12.4 Å². The third-order valence-electron chi connectivity index (χ3n) is 2.36. The predicted octanol–water partition coefficient (Wildman–Crippen LogP) is 1.99. The summed E-state index contributed by atoms with van der Waals surface area (Å²) in [4.78, 5) is 30.9. The molecule has 0 aliphatic heterocycles. The number of ether oxygens (including phenoxy) is 1. The molecule has 2 rings (SSSR count). The summed E-state index contributed by atoms with van der Waals surface area (Å²) < 4.78 is 4.63. The van der Waals surface area contributed by atoms with Gasteiger partial charge in [-0.2, -0.15) is 0 Å². The van der Waals surface area contributed by atoms with Gasteiger partial charge in [0.2, 0.25) is 5.91 Å². The van der Waals surface area contributed by atoms with Crippen LogP contribution in [0.25, 0.3) is 10.9 Å². The highest BCUT2D eigenvalue weighted by molar-refractivity contribution is 8.00. The predicted molar refractivity (Wildman–Crippen MR) is 75.4 cm³/mol. The Morgan fingerprint density at radius 3 is 2.90 bits per heavy atom. The Bertz CT molecular complexity index is 628. The quantitative estimate of drug-likeness (QED) is 0.685. The summed E-state index contributed by atoms with van der Waals surface area (Å²) in [6, 6.07) is 7.53. The first kappa shape index (κ1) is 14.3. The van der Waals surface area contributed by atoms with E-state index in [1.165, 1.54) is 18.1 Å². The summed E-state index contributed by atoms with van der Waals surface area (Å²) in [7, 11) is 0. The maximum atomic E-state index is 11.6. The van der Waals surface area contributed by atoms with Crippen LogP contribution in [0, 0.1) is 0 Å². The highest BCUT2D eigenvalue weighted by Crippen LogP contribution is 2.23. The van der Waals surface area contributed by atoms with Gasteiger partial charge in [0, 0.05) is 5.39 Å². The second kappa shape index (κ2) is 6.85. The molecule has 2 aromatic rings. The van der Waals surface area contributed by atoms with E-state index in [9.17, 15) is 9.59 Å². The monoisotopic (exact) mass is 291 g/mol. The second-order valence-electron chi connectivity index (χ2n) is 3.75. The lowest BCUT2D eigenvalue weighted by Gasteiger charge is -2.05. The molecule has 1 heterocycles. The molecule has 2 amide bonds. The lowest BCUT2D eigenvalue weighted by atomic mass is 10.2. The molecule has 0 saturated heterocycles. The Kier molecular flexibility index (Phi) is 4.89. The molecule has 0 aliphatic carbocycles. The van der Waals surface area contributed by atoms with Gasteiger partial charge < -0.3 is 4.74 Å². The molecule has 0 unspecified atom stereocenters. The molecular formula is C13H13N3O3S. The molecule has 6 nitrogen and oxygen atoms in total. The van der Waals surface area contributed by atoms with Crippen LogP contribution in [0.5, 0.6) is 0 Å². The first-order chi connectivity index (χ1) is 9.70. The summed E-state index contributed by atoms with van der Waals surface area (Å²) >= 11 is 1.25. The minimum atomic E-state index is -0.731. The SMILES string of the molecule is CCOC(=O)NC(=O)CSc1ncnc2ccccc12. The number of nitrogens with zero attached hydrogens (tertiary/aromatic N) is 2. The minimum Gasteiger partial charge on any atom is -0.450 e. The highest BCUT2D eigenvalue weighted by atomic mass is 32.2. The van der Waals surface area contributed by atoms with E-state index in [2.05, 4.69) is 20.0 Å². The van der Waals surface area contributed by atoms with Crippen molar-refractivity contribution in [3.8, 4) is 0 Å². The van der Waals surface area contributed by atoms with E-state index in [-0.39, 0.29) is 12.4 Å². The largest absolute Gasteiger partial charge is 0.450 e. The van der Waals surface area contributed by atoms with Crippen molar-refractivity contribution < 1.29 is 14.3 Å². The zero-order valence-electron chi connectivity index (χ0n) is 10.8. The Hall–Kier alpha value is -2.15. The van der Waals surface area contributed by atoms with Crippen LogP contribution in [-0.4, -0.2) is 34.3 Å². The van der Waals surface area contributed by atoms with Gasteiger partial charge in [-0.1, -0.05) is 30.0 Å². The number of hydrogen-bond acceptors (Lipinski definition) is 6. The normalized spacial score (nSPS) is 10.2. The van der Waals surface area contributed by atoms with Gasteiger partial charge >= 0.3 is 6.09 Å². The van der Waals surface area contributed by atoms with Gasteiger partial charge in [-0.05, 0) is 13.0 Å². The summed E-state index contributed by atoms with van der Waals surface area (Å²) in [6.07, 6.45) is 0.721. The van der Waals surface area contributed by atoms with Gasteiger partial charge in [0.1, 0.15) is 11.4 Å². The van der Waals surface area contributed by atoms with E-state index < -0.39 is 12.0 Å². The molecular weight excluding hydrogens is 278 g/mol. The van der Waals surface area contributed by atoms with Gasteiger partial charge in [-0.3, -0.25) is 10.1 Å². The summed E-state index contributed by atoms with van der Waals surface area (Å²) in [6.45, 7) is 1.90. The van der Waals surface area contributed by atoms with Gasteiger partial charge in [-0.25, -0.2) is 14.8 Å². The summed E-state index contributed by atoms with van der Waals surface area (Å²) in [5.74, 6) is -0.337. The van der Waals surface area contributed by atoms with Crippen LogP contribution in [0.3, 0.4) is 0 Å². The van der Waals surface area contributed by atoms with Crippen LogP contribution >= 0.6 is 11.8 Å². The van der Waals surface area contributed by atoms with E-state index in [4.69, 9.17) is 0 Å². The van der Waals surface area contributed by atoms with Crippen molar-refractivity contribution in [3.05, 3.63) is 30.6 Å². The van der Waals surface area contributed by atoms with Crippen LogP contribution in [0.1, 0.15) is 6.92 Å². The molecule has 7 heteroatoms. The molecule has 0 aliphatic rings. The summed E-state index contributed by atoms with van der Waals surface area (Å²) in [5, 5.41) is 3.72.